The summed E-state index contributed by atoms with van der Waals surface area (Å²) in [6, 6.07) is 0. The van der Waals surface area contributed by atoms with Crippen LogP contribution in [0.25, 0.3) is 0 Å². The Bertz CT molecular complexity index is 392. The van der Waals surface area contributed by atoms with Gasteiger partial charge in [0.1, 0.15) is 12.2 Å². The van der Waals surface area contributed by atoms with Gasteiger partial charge < -0.3 is 5.11 Å². The number of carbonyl (C=O) groups is 2. The highest BCUT2D eigenvalue weighted by Gasteiger charge is 2.12. The smallest absolute Gasteiger partial charge is 0.310 e. The van der Waals surface area contributed by atoms with Crippen LogP contribution < -0.4 is 0 Å². The van der Waals surface area contributed by atoms with Crippen LogP contribution in [0.1, 0.15) is 85.0 Å². The lowest BCUT2D eigenvalue weighted by Gasteiger charge is -2.20. The number of carboxylic acid groups (broad SMARTS) is 1. The van der Waals surface area contributed by atoms with Crippen molar-refractivity contribution in [1.82, 2.24) is 0 Å². The van der Waals surface area contributed by atoms with Gasteiger partial charge in [-0.1, -0.05) is 63.8 Å². The molecule has 0 radical (unpaired) electrons. The number of carboxylic acids is 1. The summed E-state index contributed by atoms with van der Waals surface area (Å²) in [7, 11) is 0. The summed E-state index contributed by atoms with van der Waals surface area (Å²) in [4.78, 5) is 21.6. The van der Waals surface area contributed by atoms with Gasteiger partial charge >= 0.3 is 5.97 Å². The Labute approximate surface area is 141 Å². The zero-order chi connectivity index (χ0) is 17.6. The van der Waals surface area contributed by atoms with Crippen LogP contribution in [0.15, 0.2) is 24.3 Å². The Morgan fingerprint density at radius 3 is 2.22 bits per heavy atom. The number of ketones is 1. The van der Waals surface area contributed by atoms with Gasteiger partial charge in [0.2, 0.25) is 0 Å². The van der Waals surface area contributed by atoms with E-state index in [1.165, 1.54) is 19.3 Å². The maximum atomic E-state index is 11.2. The summed E-state index contributed by atoms with van der Waals surface area (Å²) in [6.45, 7) is 6.61. The monoisotopic (exact) mass is 322 g/mol. The van der Waals surface area contributed by atoms with Gasteiger partial charge in [0.25, 0.3) is 0 Å². The summed E-state index contributed by atoms with van der Waals surface area (Å²) >= 11 is 0. The molecular weight excluding hydrogens is 288 g/mol. The molecule has 0 heterocycles. The average Bonchev–Trinajstić information content (AvgIpc) is 2.45. The second-order valence-corrected chi connectivity index (χ2v) is 6.91. The van der Waals surface area contributed by atoms with E-state index in [1.54, 1.807) is 0 Å². The van der Waals surface area contributed by atoms with Crippen LogP contribution in [0, 0.1) is 5.41 Å². The molecule has 0 aromatic carbocycles. The second kappa shape index (κ2) is 13.1. The molecule has 0 saturated heterocycles. The van der Waals surface area contributed by atoms with E-state index in [9.17, 15) is 9.59 Å². The molecule has 0 spiro atoms. The van der Waals surface area contributed by atoms with Crippen LogP contribution in [0.3, 0.4) is 0 Å². The Balaban J connectivity index is 3.62. The minimum atomic E-state index is -1.02. The molecule has 0 atom stereocenters. The van der Waals surface area contributed by atoms with Gasteiger partial charge in [-0.3, -0.25) is 9.59 Å². The van der Waals surface area contributed by atoms with Crippen molar-refractivity contribution in [3.63, 3.8) is 0 Å². The van der Waals surface area contributed by atoms with Crippen molar-refractivity contribution in [2.45, 2.75) is 85.0 Å². The molecule has 0 rings (SSSR count). The lowest BCUT2D eigenvalue weighted by molar-refractivity contribution is -0.140. The second-order valence-electron chi connectivity index (χ2n) is 6.91. The van der Waals surface area contributed by atoms with Gasteiger partial charge in [-0.2, -0.15) is 0 Å². The van der Waals surface area contributed by atoms with Crippen molar-refractivity contribution in [1.29, 1.82) is 0 Å². The summed E-state index contributed by atoms with van der Waals surface area (Å²) in [5.74, 6) is -1.17. The number of aliphatic carboxylic acids is 1. The molecule has 1 N–H and O–H groups in total. The third-order valence-electron chi connectivity index (χ3n) is 3.93. The molecule has 0 bridgehead atoms. The zero-order valence-electron chi connectivity index (χ0n) is 15.1. The van der Waals surface area contributed by atoms with E-state index < -0.39 is 5.97 Å². The Kier molecular flexibility index (Phi) is 12.3. The molecule has 0 aromatic heterocycles. The number of rotatable bonds is 14. The van der Waals surface area contributed by atoms with Gasteiger partial charge in [-0.05, 0) is 38.0 Å². The van der Waals surface area contributed by atoms with Crippen LogP contribution in [0.5, 0.6) is 0 Å². The highest BCUT2D eigenvalue weighted by atomic mass is 16.4. The van der Waals surface area contributed by atoms with E-state index in [1.807, 2.05) is 0 Å². The first-order valence-electron chi connectivity index (χ1n) is 8.90. The number of Topliss-reactive ketones (excluding diaryl/α,β-unsaturated/α-hetero) is 1. The van der Waals surface area contributed by atoms with Gasteiger partial charge in [-0.25, -0.2) is 0 Å². The zero-order valence-corrected chi connectivity index (χ0v) is 15.1. The Morgan fingerprint density at radius 1 is 0.957 bits per heavy atom. The van der Waals surface area contributed by atoms with Crippen LogP contribution in [-0.2, 0) is 9.59 Å². The molecule has 0 fully saturated rings. The van der Waals surface area contributed by atoms with Gasteiger partial charge in [0.15, 0.2) is 0 Å². The SMILES string of the molecule is CC=CCCC=CC(C)(C)CCCCCCCC(=O)CC(=O)O. The molecule has 0 saturated carbocycles. The highest BCUT2D eigenvalue weighted by Crippen LogP contribution is 2.26. The molecule has 3 nitrogen and oxygen atoms in total. The van der Waals surface area contributed by atoms with Gasteiger partial charge in [0.05, 0.1) is 0 Å². The number of unbranched alkanes of at least 4 members (excludes halogenated alkanes) is 5. The normalized spacial score (nSPS) is 12.3. The van der Waals surface area contributed by atoms with Crippen LogP contribution in [-0.4, -0.2) is 16.9 Å². The fourth-order valence-corrected chi connectivity index (χ4v) is 2.53. The minimum absolute atomic E-state index is 0.151. The standard InChI is InChI=1S/C20H34O3/c1-4-5-6-9-12-15-20(2,3)16-13-10-7-8-11-14-18(21)17-19(22)23/h4-5,12,15H,6-11,13-14,16-17H2,1-3H3,(H,22,23). The number of hydrogen-bond acceptors (Lipinski definition) is 2. The first-order chi connectivity index (χ1) is 10.9. The number of carbonyl (C=O) groups excluding carboxylic acids is 1. The predicted octanol–water partition coefficient (Wildman–Crippen LogP) is 5.70. The molecule has 0 aromatic rings. The van der Waals surface area contributed by atoms with E-state index in [4.69, 9.17) is 5.11 Å². The fourth-order valence-electron chi connectivity index (χ4n) is 2.53. The largest absolute Gasteiger partial charge is 0.481 e. The first-order valence-corrected chi connectivity index (χ1v) is 8.90. The van der Waals surface area contributed by atoms with Gasteiger partial charge in [-0.15, -0.1) is 0 Å². The third-order valence-corrected chi connectivity index (χ3v) is 3.93. The summed E-state index contributed by atoms with van der Waals surface area (Å²) < 4.78 is 0. The van der Waals surface area contributed by atoms with Crippen LogP contribution >= 0.6 is 0 Å². The maximum absolute atomic E-state index is 11.2. The van der Waals surface area contributed by atoms with E-state index in [0.717, 1.165) is 32.1 Å². The van der Waals surface area contributed by atoms with Crippen molar-refractivity contribution in [3.05, 3.63) is 24.3 Å². The van der Waals surface area contributed by atoms with Crippen molar-refractivity contribution in [2.24, 2.45) is 5.41 Å². The van der Waals surface area contributed by atoms with Crippen molar-refractivity contribution in [2.75, 3.05) is 0 Å². The number of hydrogen-bond donors (Lipinski definition) is 1. The predicted molar refractivity (Wildman–Crippen MR) is 96.5 cm³/mol. The highest BCUT2D eigenvalue weighted by molar-refractivity contribution is 5.94. The molecule has 0 amide bonds. The van der Waals surface area contributed by atoms with Crippen molar-refractivity contribution >= 4 is 11.8 Å². The lowest BCUT2D eigenvalue weighted by atomic mass is 9.86. The van der Waals surface area contributed by atoms with Crippen LogP contribution in [0.2, 0.25) is 0 Å². The average molecular weight is 322 g/mol. The topological polar surface area (TPSA) is 54.4 Å². The maximum Gasteiger partial charge on any atom is 0.310 e. The summed E-state index contributed by atoms with van der Waals surface area (Å²) in [6.07, 6.45) is 17.8. The van der Waals surface area contributed by atoms with Gasteiger partial charge in [0, 0.05) is 6.42 Å². The van der Waals surface area contributed by atoms with E-state index in [0.29, 0.717) is 6.42 Å². The van der Waals surface area contributed by atoms with E-state index in [2.05, 4.69) is 45.1 Å². The molecule has 23 heavy (non-hydrogen) atoms. The van der Waals surface area contributed by atoms with Crippen LogP contribution in [0.4, 0.5) is 0 Å². The molecule has 0 unspecified atom stereocenters. The molecule has 3 heteroatoms. The number of allylic oxidation sites excluding steroid dienone is 4. The summed E-state index contributed by atoms with van der Waals surface area (Å²) in [5, 5.41) is 8.51. The van der Waals surface area contributed by atoms with E-state index in [-0.39, 0.29) is 17.6 Å². The lowest BCUT2D eigenvalue weighted by Crippen LogP contribution is -2.07. The van der Waals surface area contributed by atoms with Crippen molar-refractivity contribution < 1.29 is 14.7 Å². The molecule has 0 aliphatic carbocycles. The molecule has 132 valence electrons. The quantitative estimate of drug-likeness (QED) is 0.253. The van der Waals surface area contributed by atoms with E-state index >= 15 is 0 Å². The summed E-state index contributed by atoms with van der Waals surface area (Å²) in [5.41, 5.74) is 0.257. The Morgan fingerprint density at radius 2 is 1.57 bits per heavy atom. The first kappa shape index (κ1) is 21.6. The molecular formula is C20H34O3. The molecule has 0 aliphatic rings. The third kappa shape index (κ3) is 15.3. The Hall–Kier alpha value is -1.38. The minimum Gasteiger partial charge on any atom is -0.481 e. The fraction of sp³-hybridized carbons (Fsp3) is 0.700. The van der Waals surface area contributed by atoms with Crippen molar-refractivity contribution in [3.8, 4) is 0 Å². The molecule has 0 aliphatic heterocycles.